The van der Waals surface area contributed by atoms with Gasteiger partial charge in [0, 0.05) is 6.07 Å². The zero-order valence-electron chi connectivity index (χ0n) is 11.0. The van der Waals surface area contributed by atoms with Gasteiger partial charge in [-0.3, -0.25) is 10.1 Å². The Morgan fingerprint density at radius 3 is 2.15 bits per heavy atom. The van der Waals surface area contributed by atoms with Crippen molar-refractivity contribution in [2.45, 2.75) is 9.79 Å². The average Bonchev–Trinajstić information content (AvgIpc) is 2.47. The first kappa shape index (κ1) is 14.2. The summed E-state index contributed by atoms with van der Waals surface area (Å²) in [5.41, 5.74) is 0.0606. The van der Waals surface area contributed by atoms with Crippen LogP contribution in [0.4, 0.5) is 5.69 Å². The molecule has 2 rings (SSSR count). The standard InChI is InChI=1S/C14H13NO4S/c1-18-11-7-5-8-12(19-2)14(11)20-13-9-4-3-6-10(13)15(16)17/h3-9H,1-2H3. The first-order valence-corrected chi connectivity index (χ1v) is 6.61. The fourth-order valence-corrected chi connectivity index (χ4v) is 2.84. The Hall–Kier alpha value is -2.21. The summed E-state index contributed by atoms with van der Waals surface area (Å²) in [5.74, 6) is 1.24. The van der Waals surface area contributed by atoms with Crippen LogP contribution in [0, 0.1) is 10.1 Å². The van der Waals surface area contributed by atoms with E-state index in [1.54, 1.807) is 50.6 Å². The van der Waals surface area contributed by atoms with Crippen LogP contribution >= 0.6 is 11.8 Å². The van der Waals surface area contributed by atoms with Crippen molar-refractivity contribution in [2.24, 2.45) is 0 Å². The van der Waals surface area contributed by atoms with Gasteiger partial charge in [-0.05, 0) is 18.2 Å². The van der Waals surface area contributed by atoms with E-state index >= 15 is 0 Å². The fraction of sp³-hybridized carbons (Fsp3) is 0.143. The molecule has 0 aliphatic heterocycles. The number of para-hydroxylation sites is 1. The highest BCUT2D eigenvalue weighted by Crippen LogP contribution is 2.44. The maximum Gasteiger partial charge on any atom is 0.283 e. The zero-order valence-corrected chi connectivity index (χ0v) is 11.8. The van der Waals surface area contributed by atoms with Gasteiger partial charge in [0.05, 0.1) is 28.9 Å². The molecule has 2 aromatic rings. The van der Waals surface area contributed by atoms with E-state index in [1.807, 2.05) is 0 Å². The highest BCUT2D eigenvalue weighted by molar-refractivity contribution is 7.99. The van der Waals surface area contributed by atoms with Gasteiger partial charge in [0.2, 0.25) is 0 Å². The van der Waals surface area contributed by atoms with Crippen molar-refractivity contribution in [2.75, 3.05) is 14.2 Å². The molecule has 0 saturated carbocycles. The molecule has 0 unspecified atom stereocenters. The maximum atomic E-state index is 11.1. The molecule has 0 spiro atoms. The summed E-state index contributed by atoms with van der Waals surface area (Å²) >= 11 is 1.25. The number of nitro benzene ring substituents is 1. The van der Waals surface area contributed by atoms with Crippen molar-refractivity contribution in [3.63, 3.8) is 0 Å². The molecule has 104 valence electrons. The molecule has 0 atom stereocenters. The number of hydrogen-bond acceptors (Lipinski definition) is 5. The van der Waals surface area contributed by atoms with E-state index in [1.165, 1.54) is 17.8 Å². The summed E-state index contributed by atoms with van der Waals surface area (Å²) < 4.78 is 10.6. The molecule has 20 heavy (non-hydrogen) atoms. The quantitative estimate of drug-likeness (QED) is 0.620. The molecular weight excluding hydrogens is 278 g/mol. The second-order valence-electron chi connectivity index (χ2n) is 3.82. The third-order valence-electron chi connectivity index (χ3n) is 2.66. The molecule has 0 fully saturated rings. The molecule has 6 heteroatoms. The molecule has 0 saturated heterocycles. The number of nitro groups is 1. The van der Waals surface area contributed by atoms with Crippen LogP contribution in [0.3, 0.4) is 0 Å². The Labute approximate surface area is 120 Å². The Balaban J connectivity index is 2.47. The first-order valence-electron chi connectivity index (χ1n) is 5.79. The van der Waals surface area contributed by atoms with Crippen LogP contribution < -0.4 is 9.47 Å². The number of hydrogen-bond donors (Lipinski definition) is 0. The minimum atomic E-state index is -0.399. The van der Waals surface area contributed by atoms with Crippen LogP contribution in [-0.4, -0.2) is 19.1 Å². The van der Waals surface area contributed by atoms with Gasteiger partial charge in [0.15, 0.2) is 0 Å². The highest BCUT2D eigenvalue weighted by atomic mass is 32.2. The predicted molar refractivity (Wildman–Crippen MR) is 76.8 cm³/mol. The van der Waals surface area contributed by atoms with Crippen molar-refractivity contribution < 1.29 is 14.4 Å². The lowest BCUT2D eigenvalue weighted by Gasteiger charge is -2.12. The summed E-state index contributed by atoms with van der Waals surface area (Å²) in [5, 5.41) is 11.1. The summed E-state index contributed by atoms with van der Waals surface area (Å²) in [6.45, 7) is 0. The Kier molecular flexibility index (Phi) is 4.47. The molecular formula is C14H13NO4S. The third kappa shape index (κ3) is 2.85. The zero-order chi connectivity index (χ0) is 14.5. The molecule has 0 aliphatic rings. The van der Waals surface area contributed by atoms with Crippen LogP contribution in [0.1, 0.15) is 0 Å². The molecule has 0 aliphatic carbocycles. The van der Waals surface area contributed by atoms with E-state index in [-0.39, 0.29) is 5.69 Å². The number of nitrogens with zero attached hydrogens (tertiary/aromatic N) is 1. The van der Waals surface area contributed by atoms with Gasteiger partial charge in [-0.15, -0.1) is 0 Å². The SMILES string of the molecule is COc1cccc(OC)c1Sc1ccccc1[N+](=O)[O-]. The Bertz CT molecular complexity index is 608. The number of ether oxygens (including phenoxy) is 2. The average molecular weight is 291 g/mol. The van der Waals surface area contributed by atoms with E-state index in [0.29, 0.717) is 21.3 Å². The van der Waals surface area contributed by atoms with E-state index < -0.39 is 4.92 Å². The molecule has 0 radical (unpaired) electrons. The summed E-state index contributed by atoms with van der Waals surface area (Å²) in [6, 6.07) is 12.0. The third-order valence-corrected chi connectivity index (χ3v) is 3.83. The number of benzene rings is 2. The van der Waals surface area contributed by atoms with Gasteiger partial charge in [-0.25, -0.2) is 0 Å². The lowest BCUT2D eigenvalue weighted by atomic mass is 10.3. The summed E-state index contributed by atoms with van der Waals surface area (Å²) in [4.78, 5) is 11.9. The predicted octanol–water partition coefficient (Wildman–Crippen LogP) is 3.76. The molecule has 0 amide bonds. The second-order valence-corrected chi connectivity index (χ2v) is 4.87. The van der Waals surface area contributed by atoms with E-state index in [0.717, 1.165) is 0 Å². The molecule has 0 heterocycles. The fourth-order valence-electron chi connectivity index (χ4n) is 1.72. The smallest absolute Gasteiger partial charge is 0.283 e. The van der Waals surface area contributed by atoms with Crippen LogP contribution in [-0.2, 0) is 0 Å². The minimum Gasteiger partial charge on any atom is -0.495 e. The van der Waals surface area contributed by atoms with Crippen LogP contribution in [0.5, 0.6) is 11.5 Å². The van der Waals surface area contributed by atoms with Crippen molar-refractivity contribution >= 4 is 17.4 Å². The Morgan fingerprint density at radius 1 is 1.00 bits per heavy atom. The maximum absolute atomic E-state index is 11.1. The Morgan fingerprint density at radius 2 is 1.60 bits per heavy atom. The van der Waals surface area contributed by atoms with Gasteiger partial charge in [-0.1, -0.05) is 30.0 Å². The minimum absolute atomic E-state index is 0.0606. The van der Waals surface area contributed by atoms with Gasteiger partial charge in [0.1, 0.15) is 11.5 Å². The van der Waals surface area contributed by atoms with Gasteiger partial charge < -0.3 is 9.47 Å². The van der Waals surface area contributed by atoms with Crippen LogP contribution in [0.2, 0.25) is 0 Å². The monoisotopic (exact) mass is 291 g/mol. The van der Waals surface area contributed by atoms with Crippen molar-refractivity contribution in [1.82, 2.24) is 0 Å². The molecule has 0 N–H and O–H groups in total. The highest BCUT2D eigenvalue weighted by Gasteiger charge is 2.18. The van der Waals surface area contributed by atoms with Gasteiger partial charge in [-0.2, -0.15) is 0 Å². The van der Waals surface area contributed by atoms with Crippen molar-refractivity contribution in [3.8, 4) is 11.5 Å². The van der Waals surface area contributed by atoms with Crippen LogP contribution in [0.15, 0.2) is 52.3 Å². The molecule has 0 aromatic heterocycles. The molecule has 2 aromatic carbocycles. The van der Waals surface area contributed by atoms with Crippen molar-refractivity contribution in [3.05, 3.63) is 52.6 Å². The van der Waals surface area contributed by atoms with Gasteiger partial charge >= 0.3 is 0 Å². The number of methoxy groups -OCH3 is 2. The van der Waals surface area contributed by atoms with Crippen LogP contribution in [0.25, 0.3) is 0 Å². The molecule has 5 nitrogen and oxygen atoms in total. The largest absolute Gasteiger partial charge is 0.495 e. The first-order chi connectivity index (χ1) is 9.67. The normalized spacial score (nSPS) is 10.1. The number of rotatable bonds is 5. The van der Waals surface area contributed by atoms with Crippen molar-refractivity contribution in [1.29, 1.82) is 0 Å². The molecule has 0 bridgehead atoms. The van der Waals surface area contributed by atoms with E-state index in [9.17, 15) is 10.1 Å². The summed E-state index contributed by atoms with van der Waals surface area (Å²) in [6.07, 6.45) is 0. The van der Waals surface area contributed by atoms with Gasteiger partial charge in [0.25, 0.3) is 5.69 Å². The van der Waals surface area contributed by atoms with E-state index in [4.69, 9.17) is 9.47 Å². The topological polar surface area (TPSA) is 61.6 Å². The summed E-state index contributed by atoms with van der Waals surface area (Å²) in [7, 11) is 3.11. The van der Waals surface area contributed by atoms with E-state index in [2.05, 4.69) is 0 Å². The second kappa shape index (κ2) is 6.29. The lowest BCUT2D eigenvalue weighted by Crippen LogP contribution is -1.93. The lowest BCUT2D eigenvalue weighted by molar-refractivity contribution is -0.387.